The number of carbonyl (C=O) groups is 1. The molecule has 0 atom stereocenters. The van der Waals surface area contributed by atoms with Crippen molar-refractivity contribution >= 4 is 33.3 Å². The van der Waals surface area contributed by atoms with Gasteiger partial charge in [-0.25, -0.2) is 9.78 Å². The van der Waals surface area contributed by atoms with Crippen LogP contribution in [0.1, 0.15) is 18.7 Å². The Kier molecular flexibility index (Phi) is 3.35. The smallest absolute Gasteiger partial charge is 0.405 e. The van der Waals surface area contributed by atoms with Crippen molar-refractivity contribution in [3.63, 3.8) is 0 Å². The number of hydrogen-bond donors (Lipinski definition) is 2. The minimum absolute atomic E-state index is 0.337. The number of nitrogens with one attached hydrogen (secondary N) is 1. The molecule has 0 aromatic carbocycles. The average molecular weight is 342 g/mol. The zero-order chi connectivity index (χ0) is 14.2. The molecular weight excluding hydrogens is 330 g/mol. The lowest BCUT2D eigenvalue weighted by molar-refractivity contribution is 0.0271. The third kappa shape index (κ3) is 2.36. The summed E-state index contributed by atoms with van der Waals surface area (Å²) in [6, 6.07) is 3.50. The number of hydrogen-bond acceptors (Lipinski definition) is 5. The van der Waals surface area contributed by atoms with Crippen molar-refractivity contribution in [3.8, 4) is 0 Å². The quantitative estimate of drug-likeness (QED) is 0.813. The summed E-state index contributed by atoms with van der Waals surface area (Å²) in [4.78, 5) is 19.6. The highest BCUT2D eigenvalue weighted by Crippen LogP contribution is 2.33. The Morgan fingerprint density at radius 1 is 1.35 bits per heavy atom. The van der Waals surface area contributed by atoms with Gasteiger partial charge in [0.1, 0.15) is 10.1 Å². The molecule has 0 bridgehead atoms. The summed E-state index contributed by atoms with van der Waals surface area (Å²) in [5.41, 5.74) is 0.130. The molecule has 8 heteroatoms. The number of ether oxygens (including phenoxy) is 1. The van der Waals surface area contributed by atoms with Gasteiger partial charge in [0.15, 0.2) is 11.2 Å². The Morgan fingerprint density at radius 2 is 2.10 bits per heavy atom. The second kappa shape index (κ2) is 5.02. The number of aromatic nitrogens is 2. The zero-order valence-corrected chi connectivity index (χ0v) is 12.0. The Hall–Kier alpha value is -1.67. The van der Waals surface area contributed by atoms with Gasteiger partial charge < -0.3 is 19.6 Å². The van der Waals surface area contributed by atoms with Crippen LogP contribution >= 0.6 is 15.9 Å². The predicted molar refractivity (Wildman–Crippen MR) is 72.4 cm³/mol. The Labute approximate surface area is 122 Å². The lowest BCUT2D eigenvalue weighted by atomic mass is 9.90. The molecule has 2 N–H and O–H groups in total. The van der Waals surface area contributed by atoms with E-state index in [0.29, 0.717) is 47.8 Å². The predicted octanol–water partition coefficient (Wildman–Crippen LogP) is 2.26. The molecule has 2 aromatic heterocycles. The van der Waals surface area contributed by atoms with Crippen LogP contribution in [0.25, 0.3) is 11.2 Å². The molecule has 0 aliphatic carbocycles. The molecule has 0 saturated carbocycles. The second-order valence-electron chi connectivity index (χ2n) is 4.60. The molecule has 0 radical (unpaired) electrons. The van der Waals surface area contributed by atoms with E-state index in [1.165, 1.54) is 0 Å². The fraction of sp³-hybridized carbons (Fsp3) is 0.417. The minimum atomic E-state index is -1.11. The van der Waals surface area contributed by atoms with Gasteiger partial charge in [-0.3, -0.25) is 0 Å². The first-order valence-electron chi connectivity index (χ1n) is 6.11. The Morgan fingerprint density at radius 3 is 2.80 bits per heavy atom. The fourth-order valence-electron chi connectivity index (χ4n) is 2.32. The number of halogens is 1. The van der Waals surface area contributed by atoms with Gasteiger partial charge >= 0.3 is 6.09 Å². The minimum Gasteiger partial charge on any atom is -0.465 e. The molecule has 3 rings (SSSR count). The molecule has 1 aliphatic heterocycles. The summed E-state index contributed by atoms with van der Waals surface area (Å²) < 4.78 is 11.6. The maximum atomic E-state index is 11.1. The van der Waals surface area contributed by atoms with Gasteiger partial charge in [-0.15, -0.1) is 0 Å². The van der Waals surface area contributed by atoms with Crippen LogP contribution in [-0.4, -0.2) is 34.4 Å². The first-order valence-corrected chi connectivity index (χ1v) is 6.91. The third-order valence-corrected chi connectivity index (χ3v) is 3.76. The van der Waals surface area contributed by atoms with E-state index in [1.54, 1.807) is 12.1 Å². The van der Waals surface area contributed by atoms with Crippen LogP contribution in [0, 0.1) is 0 Å². The van der Waals surface area contributed by atoms with Crippen molar-refractivity contribution in [3.05, 3.63) is 22.6 Å². The van der Waals surface area contributed by atoms with Crippen molar-refractivity contribution in [2.45, 2.75) is 18.4 Å². The molecule has 1 fully saturated rings. The van der Waals surface area contributed by atoms with Gasteiger partial charge in [0, 0.05) is 26.1 Å². The van der Waals surface area contributed by atoms with Gasteiger partial charge in [-0.05, 0) is 28.1 Å². The topological polar surface area (TPSA) is 97.5 Å². The van der Waals surface area contributed by atoms with Crippen LogP contribution in [0.3, 0.4) is 0 Å². The average Bonchev–Trinajstić information content (AvgIpc) is 2.82. The molecule has 106 valence electrons. The highest BCUT2D eigenvalue weighted by molar-refractivity contribution is 9.10. The molecule has 20 heavy (non-hydrogen) atoms. The van der Waals surface area contributed by atoms with Gasteiger partial charge in [0.05, 0.1) is 0 Å². The summed E-state index contributed by atoms with van der Waals surface area (Å²) in [7, 11) is 0. The molecule has 1 saturated heterocycles. The lowest BCUT2D eigenvalue weighted by Crippen LogP contribution is -2.49. The van der Waals surface area contributed by atoms with E-state index in [1.807, 2.05) is 0 Å². The molecule has 7 nitrogen and oxygen atoms in total. The Balaban J connectivity index is 2.06. The summed E-state index contributed by atoms with van der Waals surface area (Å²) in [6.45, 7) is 0.909. The lowest BCUT2D eigenvalue weighted by Gasteiger charge is -2.33. The number of oxazole rings is 1. The van der Waals surface area contributed by atoms with Crippen molar-refractivity contribution in [2.24, 2.45) is 0 Å². The van der Waals surface area contributed by atoms with E-state index in [4.69, 9.17) is 14.3 Å². The van der Waals surface area contributed by atoms with Gasteiger partial charge in [-0.1, -0.05) is 0 Å². The number of fused-ring (bicyclic) bond motifs is 1. The highest BCUT2D eigenvalue weighted by Gasteiger charge is 2.41. The van der Waals surface area contributed by atoms with Crippen molar-refractivity contribution in [1.82, 2.24) is 15.3 Å². The summed E-state index contributed by atoms with van der Waals surface area (Å²) in [6.07, 6.45) is -0.149. The van der Waals surface area contributed by atoms with Crippen LogP contribution in [0.15, 0.2) is 21.2 Å². The van der Waals surface area contributed by atoms with Crippen molar-refractivity contribution in [1.29, 1.82) is 0 Å². The van der Waals surface area contributed by atoms with Crippen LogP contribution in [0.2, 0.25) is 0 Å². The second-order valence-corrected chi connectivity index (χ2v) is 5.41. The Bertz CT molecular complexity index is 651. The molecule has 1 amide bonds. The van der Waals surface area contributed by atoms with E-state index in [2.05, 4.69) is 31.2 Å². The van der Waals surface area contributed by atoms with Gasteiger partial charge in [-0.2, -0.15) is 4.98 Å². The standard InChI is InChI=1S/C12H12BrN3O4/c13-8-2-1-7-9(14-8)15-10(20-7)12(16-11(17)18)3-5-19-6-4-12/h1-2,16H,3-6H2,(H,17,18). The van der Waals surface area contributed by atoms with Gasteiger partial charge in [0.2, 0.25) is 5.89 Å². The molecule has 0 spiro atoms. The molecule has 0 unspecified atom stereocenters. The first-order chi connectivity index (χ1) is 9.59. The number of carboxylic acid groups (broad SMARTS) is 1. The first kappa shape index (κ1) is 13.3. The largest absolute Gasteiger partial charge is 0.465 e. The van der Waals surface area contributed by atoms with E-state index in [9.17, 15) is 4.79 Å². The van der Waals surface area contributed by atoms with E-state index in [-0.39, 0.29) is 0 Å². The number of rotatable bonds is 2. The maximum absolute atomic E-state index is 11.1. The SMILES string of the molecule is O=C(O)NC1(c2nc3nc(Br)ccc3o2)CCOCC1. The monoisotopic (exact) mass is 341 g/mol. The summed E-state index contributed by atoms with van der Waals surface area (Å²) in [5.74, 6) is 0.337. The van der Waals surface area contributed by atoms with Crippen molar-refractivity contribution in [2.75, 3.05) is 13.2 Å². The van der Waals surface area contributed by atoms with E-state index < -0.39 is 11.6 Å². The summed E-state index contributed by atoms with van der Waals surface area (Å²) in [5, 5.41) is 11.6. The normalized spacial score (nSPS) is 18.1. The molecule has 2 aromatic rings. The van der Waals surface area contributed by atoms with E-state index >= 15 is 0 Å². The highest BCUT2D eigenvalue weighted by atomic mass is 79.9. The fourth-order valence-corrected chi connectivity index (χ4v) is 2.62. The van der Waals surface area contributed by atoms with Gasteiger partial charge in [0.25, 0.3) is 0 Å². The molecule has 3 heterocycles. The third-order valence-electron chi connectivity index (χ3n) is 3.32. The van der Waals surface area contributed by atoms with E-state index in [0.717, 1.165) is 0 Å². The maximum Gasteiger partial charge on any atom is 0.405 e. The zero-order valence-electron chi connectivity index (χ0n) is 10.4. The van der Waals surface area contributed by atoms with Crippen LogP contribution < -0.4 is 5.32 Å². The van der Waals surface area contributed by atoms with Crippen molar-refractivity contribution < 1.29 is 19.1 Å². The molecular formula is C12H12BrN3O4. The number of amides is 1. The van der Waals surface area contributed by atoms with Crippen LogP contribution in [0.4, 0.5) is 4.79 Å². The summed E-state index contributed by atoms with van der Waals surface area (Å²) >= 11 is 3.27. The number of pyridine rings is 1. The molecule has 1 aliphatic rings. The van der Waals surface area contributed by atoms with Crippen LogP contribution in [-0.2, 0) is 10.3 Å². The van der Waals surface area contributed by atoms with Crippen LogP contribution in [0.5, 0.6) is 0 Å². The number of nitrogens with zero attached hydrogens (tertiary/aromatic N) is 2.